The molecule has 1 atom stereocenters. The highest BCUT2D eigenvalue weighted by Crippen LogP contribution is 2.07. The maximum Gasteiger partial charge on any atom is 0.141 e. The number of aliphatic imine (C=N–C) groups is 1. The van der Waals surface area contributed by atoms with Crippen LogP contribution >= 0.6 is 0 Å². The van der Waals surface area contributed by atoms with Gasteiger partial charge in [-0.3, -0.25) is 9.79 Å². The van der Waals surface area contributed by atoms with Gasteiger partial charge in [-0.15, -0.1) is 0 Å². The van der Waals surface area contributed by atoms with Crippen LogP contribution in [0.15, 0.2) is 4.99 Å². The zero-order chi connectivity index (χ0) is 12.0. The zero-order valence-electron chi connectivity index (χ0n) is 10.4. The summed E-state index contributed by atoms with van der Waals surface area (Å²) in [4.78, 5) is 15.8. The molecule has 0 rings (SSSR count). The molecule has 3 nitrogen and oxygen atoms in total. The largest absolute Gasteiger partial charge is 0.391 e. The minimum atomic E-state index is -0.437. The highest BCUT2D eigenvalue weighted by atomic mass is 16.3. The first-order chi connectivity index (χ1) is 6.84. The van der Waals surface area contributed by atoms with Crippen LogP contribution in [0.2, 0.25) is 0 Å². The van der Waals surface area contributed by atoms with E-state index in [2.05, 4.69) is 4.99 Å². The van der Waals surface area contributed by atoms with Crippen LogP contribution in [0.5, 0.6) is 0 Å². The summed E-state index contributed by atoms with van der Waals surface area (Å²) in [7, 11) is 0. The molecule has 0 aliphatic carbocycles. The summed E-state index contributed by atoms with van der Waals surface area (Å²) < 4.78 is 0. The van der Waals surface area contributed by atoms with Crippen molar-refractivity contribution in [3.05, 3.63) is 0 Å². The minimum absolute atomic E-state index is 0.0560. The molecule has 0 amide bonds. The van der Waals surface area contributed by atoms with Gasteiger partial charge in [0.1, 0.15) is 5.78 Å². The van der Waals surface area contributed by atoms with E-state index < -0.39 is 6.10 Å². The van der Waals surface area contributed by atoms with Crippen LogP contribution in [-0.2, 0) is 4.79 Å². The van der Waals surface area contributed by atoms with E-state index in [1.807, 2.05) is 27.7 Å². The lowest BCUT2D eigenvalue weighted by molar-refractivity contribution is -0.120. The average molecular weight is 213 g/mol. The van der Waals surface area contributed by atoms with Crippen LogP contribution in [0.25, 0.3) is 0 Å². The fraction of sp³-hybridized carbons (Fsp3) is 0.833. The lowest BCUT2D eigenvalue weighted by Gasteiger charge is -2.12. The predicted molar refractivity (Wildman–Crippen MR) is 63.3 cm³/mol. The van der Waals surface area contributed by atoms with Gasteiger partial charge in [0.2, 0.25) is 0 Å². The van der Waals surface area contributed by atoms with Crippen LogP contribution < -0.4 is 0 Å². The Labute approximate surface area is 92.6 Å². The van der Waals surface area contributed by atoms with Crippen molar-refractivity contribution in [1.29, 1.82) is 0 Å². The molecule has 0 aliphatic heterocycles. The fourth-order valence-corrected chi connectivity index (χ4v) is 1.07. The van der Waals surface area contributed by atoms with Gasteiger partial charge in [0.15, 0.2) is 0 Å². The summed E-state index contributed by atoms with van der Waals surface area (Å²) in [5.41, 5.74) is 0.898. The summed E-state index contributed by atoms with van der Waals surface area (Å²) in [5.74, 6) is 0.542. The third kappa shape index (κ3) is 6.39. The van der Waals surface area contributed by atoms with E-state index in [-0.39, 0.29) is 17.6 Å². The molecule has 0 saturated heterocycles. The summed E-state index contributed by atoms with van der Waals surface area (Å²) in [6.07, 6.45) is -0.0184. The van der Waals surface area contributed by atoms with Crippen molar-refractivity contribution >= 4 is 11.5 Å². The molecule has 0 aromatic carbocycles. The van der Waals surface area contributed by atoms with Gasteiger partial charge in [-0.05, 0) is 12.8 Å². The highest BCUT2D eigenvalue weighted by Gasteiger charge is 2.14. The molecule has 0 aromatic heterocycles. The number of carbonyl (C=O) groups excluding carboxylic acids is 1. The number of carbonyl (C=O) groups is 1. The quantitative estimate of drug-likeness (QED) is 0.687. The van der Waals surface area contributed by atoms with E-state index in [1.54, 1.807) is 6.92 Å². The van der Waals surface area contributed by atoms with E-state index in [1.165, 1.54) is 0 Å². The summed E-state index contributed by atoms with van der Waals surface area (Å²) in [6, 6.07) is 0. The second-order valence-electron chi connectivity index (χ2n) is 4.63. The monoisotopic (exact) mass is 213 g/mol. The van der Waals surface area contributed by atoms with Crippen molar-refractivity contribution in [3.63, 3.8) is 0 Å². The molecule has 0 bridgehead atoms. The van der Waals surface area contributed by atoms with Crippen molar-refractivity contribution < 1.29 is 9.90 Å². The molecule has 0 unspecified atom stereocenters. The Bertz CT molecular complexity index is 230. The number of hydrogen-bond donors (Lipinski definition) is 1. The van der Waals surface area contributed by atoms with Crippen LogP contribution in [-0.4, -0.2) is 29.3 Å². The lowest BCUT2D eigenvalue weighted by atomic mass is 9.97. The van der Waals surface area contributed by atoms with Gasteiger partial charge in [-0.1, -0.05) is 27.7 Å². The lowest BCUT2D eigenvalue weighted by Crippen LogP contribution is -2.19. The third-order valence-corrected chi connectivity index (χ3v) is 2.22. The van der Waals surface area contributed by atoms with Gasteiger partial charge in [0.25, 0.3) is 0 Å². The van der Waals surface area contributed by atoms with Crippen molar-refractivity contribution in [1.82, 2.24) is 0 Å². The van der Waals surface area contributed by atoms with Crippen LogP contribution in [0, 0.1) is 11.8 Å². The van der Waals surface area contributed by atoms with Crippen LogP contribution in [0.3, 0.4) is 0 Å². The number of ketones is 1. The predicted octanol–water partition coefficient (Wildman–Crippen LogP) is 2.08. The van der Waals surface area contributed by atoms with E-state index in [0.717, 1.165) is 5.71 Å². The molecule has 88 valence electrons. The molecule has 0 heterocycles. The Kier molecular flexibility index (Phi) is 6.41. The van der Waals surface area contributed by atoms with Gasteiger partial charge in [-0.2, -0.15) is 0 Å². The number of rotatable bonds is 6. The molecule has 0 aromatic rings. The first kappa shape index (κ1) is 14.3. The number of aliphatic hydroxyl groups is 1. The van der Waals surface area contributed by atoms with Crippen molar-refractivity contribution in [2.24, 2.45) is 16.8 Å². The van der Waals surface area contributed by atoms with Gasteiger partial charge < -0.3 is 5.11 Å². The minimum Gasteiger partial charge on any atom is -0.391 e. The van der Waals surface area contributed by atoms with Crippen molar-refractivity contribution in [2.75, 3.05) is 6.54 Å². The Hall–Kier alpha value is -0.700. The van der Waals surface area contributed by atoms with Gasteiger partial charge >= 0.3 is 0 Å². The molecule has 15 heavy (non-hydrogen) atoms. The molecule has 0 fully saturated rings. The summed E-state index contributed by atoms with van der Waals surface area (Å²) >= 11 is 0. The zero-order valence-corrected chi connectivity index (χ0v) is 10.4. The summed E-state index contributed by atoms with van der Waals surface area (Å²) in [6.45, 7) is 9.93. The molecule has 0 saturated carbocycles. The Morgan fingerprint density at radius 2 is 1.67 bits per heavy atom. The van der Waals surface area contributed by atoms with E-state index in [9.17, 15) is 4.79 Å². The molecule has 1 N–H and O–H groups in total. The molecule has 0 aliphatic rings. The average Bonchev–Trinajstić information content (AvgIpc) is 2.10. The first-order valence-electron chi connectivity index (χ1n) is 5.58. The highest BCUT2D eigenvalue weighted by molar-refractivity contribution is 6.03. The maximum absolute atomic E-state index is 11.6. The number of aliphatic hydroxyl groups excluding tert-OH is 1. The van der Waals surface area contributed by atoms with E-state index >= 15 is 0 Å². The molecule has 3 heteroatoms. The first-order valence-corrected chi connectivity index (χ1v) is 5.58. The molecular weight excluding hydrogens is 190 g/mol. The van der Waals surface area contributed by atoms with Crippen molar-refractivity contribution in [2.45, 2.75) is 47.1 Å². The topological polar surface area (TPSA) is 49.7 Å². The van der Waals surface area contributed by atoms with Crippen LogP contribution in [0.4, 0.5) is 0 Å². The van der Waals surface area contributed by atoms with Gasteiger partial charge in [-0.25, -0.2) is 0 Å². The standard InChI is InChI=1S/C12H23NO2/c1-8(2)11(13-7-10(5)14)6-12(15)9(3)4/h8-10,14H,6-7H2,1-5H3/t10-/m0/s1. The Morgan fingerprint density at radius 1 is 1.13 bits per heavy atom. The number of hydrogen-bond acceptors (Lipinski definition) is 3. The van der Waals surface area contributed by atoms with Gasteiger partial charge in [0.05, 0.1) is 12.6 Å². The Morgan fingerprint density at radius 3 is 2.00 bits per heavy atom. The molecule has 0 spiro atoms. The number of Topliss-reactive ketones (excluding diaryl/α,β-unsaturated/α-hetero) is 1. The summed E-state index contributed by atoms with van der Waals surface area (Å²) in [5, 5.41) is 9.13. The fourth-order valence-electron chi connectivity index (χ4n) is 1.07. The third-order valence-electron chi connectivity index (χ3n) is 2.22. The Balaban J connectivity index is 4.41. The van der Waals surface area contributed by atoms with E-state index in [4.69, 9.17) is 5.11 Å². The number of nitrogens with zero attached hydrogens (tertiary/aromatic N) is 1. The second kappa shape index (κ2) is 6.72. The van der Waals surface area contributed by atoms with E-state index in [0.29, 0.717) is 13.0 Å². The normalized spacial score (nSPS) is 14.8. The van der Waals surface area contributed by atoms with Gasteiger partial charge in [0, 0.05) is 18.1 Å². The SMILES string of the molecule is CC(C)C(=O)CC(=NC[C@H](C)O)C(C)C. The molecule has 0 radical (unpaired) electrons. The molecular formula is C12H23NO2. The maximum atomic E-state index is 11.6. The van der Waals surface area contributed by atoms with Crippen LogP contribution in [0.1, 0.15) is 41.0 Å². The second-order valence-corrected chi connectivity index (χ2v) is 4.63. The van der Waals surface area contributed by atoms with Crippen molar-refractivity contribution in [3.8, 4) is 0 Å². The smallest absolute Gasteiger partial charge is 0.141 e.